The van der Waals surface area contributed by atoms with Crippen LogP contribution in [0.15, 0.2) is 76.5 Å². The number of carbonyl (C=O) groups is 1. The van der Waals surface area contributed by atoms with Gasteiger partial charge in [0.25, 0.3) is 10.0 Å². The predicted molar refractivity (Wildman–Crippen MR) is 131 cm³/mol. The summed E-state index contributed by atoms with van der Waals surface area (Å²) in [6.07, 6.45) is 0. The number of nitrogens with one attached hydrogen (secondary N) is 2. The van der Waals surface area contributed by atoms with Crippen molar-refractivity contribution in [2.45, 2.75) is 22.0 Å². The lowest BCUT2D eigenvalue weighted by Gasteiger charge is -2.13. The summed E-state index contributed by atoms with van der Waals surface area (Å²) in [7, 11) is -2.29. The van der Waals surface area contributed by atoms with Gasteiger partial charge >= 0.3 is 0 Å². The van der Waals surface area contributed by atoms with E-state index < -0.39 is 10.0 Å². The Balaban J connectivity index is 1.64. The Bertz CT molecular complexity index is 1200. The van der Waals surface area contributed by atoms with Crippen LogP contribution < -0.4 is 14.8 Å². The summed E-state index contributed by atoms with van der Waals surface area (Å²) in [6.45, 7) is 1.79. The van der Waals surface area contributed by atoms with E-state index >= 15 is 0 Å². The lowest BCUT2D eigenvalue weighted by Crippen LogP contribution is -2.22. The van der Waals surface area contributed by atoms with Crippen molar-refractivity contribution in [3.8, 4) is 5.75 Å². The lowest BCUT2D eigenvalue weighted by atomic mass is 10.3. The zero-order valence-electron chi connectivity index (χ0n) is 17.1. The van der Waals surface area contributed by atoms with Gasteiger partial charge in [0.1, 0.15) is 5.75 Å². The van der Waals surface area contributed by atoms with Gasteiger partial charge in [0.05, 0.1) is 33.0 Å². The molecule has 0 spiro atoms. The Morgan fingerprint density at radius 1 is 1.00 bits per heavy atom. The molecule has 3 rings (SSSR count). The first-order valence-corrected chi connectivity index (χ1v) is 12.5. The minimum atomic E-state index is -3.88. The molecule has 0 bridgehead atoms. The third-order valence-corrected chi connectivity index (χ3v) is 7.68. The van der Waals surface area contributed by atoms with Gasteiger partial charge in [-0.15, -0.1) is 11.8 Å². The zero-order chi connectivity index (χ0) is 23.3. The van der Waals surface area contributed by atoms with Crippen molar-refractivity contribution < 1.29 is 17.9 Å². The van der Waals surface area contributed by atoms with Gasteiger partial charge in [-0.25, -0.2) is 8.42 Å². The van der Waals surface area contributed by atoms with Crippen molar-refractivity contribution in [3.63, 3.8) is 0 Å². The first-order chi connectivity index (χ1) is 15.2. The van der Waals surface area contributed by atoms with E-state index in [0.717, 1.165) is 10.6 Å². The number of hydrogen-bond donors (Lipinski definition) is 2. The molecule has 0 unspecified atom stereocenters. The van der Waals surface area contributed by atoms with Crippen molar-refractivity contribution in [2.75, 3.05) is 17.1 Å². The number of carbonyl (C=O) groups excluding carboxylic acids is 1. The summed E-state index contributed by atoms with van der Waals surface area (Å²) >= 11 is 13.4. The largest absolute Gasteiger partial charge is 0.497 e. The second kappa shape index (κ2) is 10.5. The molecule has 0 fully saturated rings. The van der Waals surface area contributed by atoms with Gasteiger partial charge in [-0.1, -0.05) is 29.3 Å². The van der Waals surface area contributed by atoms with Crippen LogP contribution in [0.5, 0.6) is 5.75 Å². The summed E-state index contributed by atoms with van der Waals surface area (Å²) in [5, 5.41) is 2.79. The molecule has 0 aliphatic heterocycles. The molecule has 0 saturated carbocycles. The lowest BCUT2D eigenvalue weighted by molar-refractivity contribution is -0.115. The standard InChI is InChI=1S/C22H20Cl2N2O4S2/c1-14(31-17-10-8-16(30-2)9-11-17)22(27)25-15-6-12-18(13-7-15)32(28,29)26-20-5-3-4-19(23)21(20)24/h3-14,26H,1-2H3,(H,25,27)/t14-/m0/s1. The fourth-order valence-corrected chi connectivity index (χ4v) is 5.00. The van der Waals surface area contributed by atoms with Crippen molar-refractivity contribution in [1.29, 1.82) is 0 Å². The van der Waals surface area contributed by atoms with Crippen molar-refractivity contribution in [3.05, 3.63) is 76.8 Å². The number of anilines is 2. The molecule has 0 aromatic heterocycles. The fourth-order valence-electron chi connectivity index (χ4n) is 2.66. The number of methoxy groups -OCH3 is 1. The quantitative estimate of drug-likeness (QED) is 0.367. The molecule has 168 valence electrons. The molecule has 0 heterocycles. The normalized spacial score (nSPS) is 12.1. The molecule has 3 aromatic rings. The molecule has 1 amide bonds. The Morgan fingerprint density at radius 2 is 1.66 bits per heavy atom. The third kappa shape index (κ3) is 6.10. The summed E-state index contributed by atoms with van der Waals surface area (Å²) in [5.74, 6) is 0.541. The number of hydrogen-bond acceptors (Lipinski definition) is 5. The Morgan fingerprint density at radius 3 is 2.28 bits per heavy atom. The first-order valence-electron chi connectivity index (χ1n) is 9.38. The van der Waals surface area contributed by atoms with E-state index in [1.807, 2.05) is 24.3 Å². The molecule has 3 aromatic carbocycles. The van der Waals surface area contributed by atoms with Gasteiger partial charge < -0.3 is 10.1 Å². The van der Waals surface area contributed by atoms with E-state index in [1.165, 1.54) is 42.1 Å². The average molecular weight is 511 g/mol. The number of rotatable bonds is 8. The highest BCUT2D eigenvalue weighted by atomic mass is 35.5. The first kappa shape index (κ1) is 24.3. The zero-order valence-corrected chi connectivity index (χ0v) is 20.3. The maximum absolute atomic E-state index is 12.6. The number of halogens is 2. The van der Waals surface area contributed by atoms with Gasteiger partial charge in [0, 0.05) is 10.6 Å². The minimum absolute atomic E-state index is 0.0206. The highest BCUT2D eigenvalue weighted by Crippen LogP contribution is 2.31. The molecular weight excluding hydrogens is 491 g/mol. The molecule has 0 aliphatic rings. The predicted octanol–water partition coefficient (Wildman–Crippen LogP) is 5.92. The van der Waals surface area contributed by atoms with E-state index in [1.54, 1.807) is 26.2 Å². The van der Waals surface area contributed by atoms with Crippen LogP contribution >= 0.6 is 35.0 Å². The number of ether oxygens (including phenoxy) is 1. The SMILES string of the molecule is COc1ccc(S[C@@H](C)C(=O)Nc2ccc(S(=O)(=O)Nc3cccc(Cl)c3Cl)cc2)cc1. The van der Waals surface area contributed by atoms with Gasteiger partial charge in [-0.05, 0) is 67.6 Å². The molecule has 10 heteroatoms. The van der Waals surface area contributed by atoms with Crippen LogP contribution in [0.2, 0.25) is 10.0 Å². The van der Waals surface area contributed by atoms with Crippen LogP contribution in [0.1, 0.15) is 6.92 Å². The number of sulfonamides is 1. The molecule has 1 atom stereocenters. The Kier molecular flexibility index (Phi) is 7.95. The van der Waals surface area contributed by atoms with Crippen LogP contribution in [0, 0.1) is 0 Å². The highest BCUT2D eigenvalue weighted by molar-refractivity contribution is 8.00. The van der Waals surface area contributed by atoms with Gasteiger partial charge in [0.15, 0.2) is 0 Å². The molecule has 32 heavy (non-hydrogen) atoms. The van der Waals surface area contributed by atoms with Crippen molar-refractivity contribution >= 4 is 62.3 Å². The average Bonchev–Trinajstić information content (AvgIpc) is 2.77. The van der Waals surface area contributed by atoms with Crippen molar-refractivity contribution in [1.82, 2.24) is 0 Å². The number of amides is 1. The van der Waals surface area contributed by atoms with E-state index in [9.17, 15) is 13.2 Å². The summed E-state index contributed by atoms with van der Waals surface area (Å²) in [5.41, 5.74) is 0.665. The third-order valence-electron chi connectivity index (χ3n) is 4.37. The second-order valence-corrected chi connectivity index (χ2v) is 10.5. The van der Waals surface area contributed by atoms with Crippen LogP contribution in [-0.4, -0.2) is 26.7 Å². The smallest absolute Gasteiger partial charge is 0.261 e. The topological polar surface area (TPSA) is 84.5 Å². The van der Waals surface area contributed by atoms with Gasteiger partial charge in [0.2, 0.25) is 5.91 Å². The van der Waals surface area contributed by atoms with E-state index in [-0.39, 0.29) is 31.8 Å². The maximum Gasteiger partial charge on any atom is 0.261 e. The van der Waals surface area contributed by atoms with Crippen LogP contribution in [0.3, 0.4) is 0 Å². The van der Waals surface area contributed by atoms with Crippen LogP contribution in [-0.2, 0) is 14.8 Å². The number of benzene rings is 3. The molecule has 2 N–H and O–H groups in total. The summed E-state index contributed by atoms with van der Waals surface area (Å²) < 4.78 is 32.8. The molecule has 0 radical (unpaired) electrons. The summed E-state index contributed by atoms with van der Waals surface area (Å²) in [4.78, 5) is 13.5. The summed E-state index contributed by atoms with van der Waals surface area (Å²) in [6, 6.07) is 17.9. The Hall–Kier alpha value is -2.39. The maximum atomic E-state index is 12.6. The fraction of sp³-hybridized carbons (Fsp3) is 0.136. The van der Waals surface area contributed by atoms with Crippen LogP contribution in [0.4, 0.5) is 11.4 Å². The monoisotopic (exact) mass is 510 g/mol. The highest BCUT2D eigenvalue weighted by Gasteiger charge is 2.18. The Labute approximate surface area is 201 Å². The van der Waals surface area contributed by atoms with Gasteiger partial charge in [-0.2, -0.15) is 0 Å². The van der Waals surface area contributed by atoms with Crippen molar-refractivity contribution in [2.24, 2.45) is 0 Å². The van der Waals surface area contributed by atoms with E-state index in [2.05, 4.69) is 10.0 Å². The minimum Gasteiger partial charge on any atom is -0.497 e. The molecule has 6 nitrogen and oxygen atoms in total. The van der Waals surface area contributed by atoms with Crippen LogP contribution in [0.25, 0.3) is 0 Å². The van der Waals surface area contributed by atoms with Gasteiger partial charge in [-0.3, -0.25) is 9.52 Å². The number of thioether (sulfide) groups is 1. The molecule has 0 aliphatic carbocycles. The van der Waals surface area contributed by atoms with E-state index in [4.69, 9.17) is 27.9 Å². The second-order valence-electron chi connectivity index (χ2n) is 6.66. The molecular formula is C22H20Cl2N2O4S2. The molecule has 0 saturated heterocycles. The van der Waals surface area contributed by atoms with E-state index in [0.29, 0.717) is 5.69 Å².